The van der Waals surface area contributed by atoms with Crippen LogP contribution >= 0.6 is 0 Å². The molecule has 1 spiro atoms. The van der Waals surface area contributed by atoms with Crippen LogP contribution in [0.4, 0.5) is 0 Å². The summed E-state index contributed by atoms with van der Waals surface area (Å²) in [6.45, 7) is 6.82. The molecule has 4 aliphatic heterocycles. The highest BCUT2D eigenvalue weighted by molar-refractivity contribution is 5.97. The highest BCUT2D eigenvalue weighted by atomic mass is 17.3. The first kappa shape index (κ1) is 21.5. The van der Waals surface area contributed by atoms with Crippen LogP contribution in [0.1, 0.15) is 62.4 Å². The second kappa shape index (κ2) is 7.90. The second-order valence-corrected chi connectivity index (χ2v) is 9.91. The molecule has 31 heavy (non-hydrogen) atoms. The predicted octanol–water partition coefficient (Wildman–Crippen LogP) is 3.55. The van der Waals surface area contributed by atoms with E-state index in [0.717, 1.165) is 31.2 Å². The fourth-order valence-electron chi connectivity index (χ4n) is 6.15. The molecule has 5 aliphatic rings. The van der Waals surface area contributed by atoms with Crippen molar-refractivity contribution in [3.8, 4) is 0 Å². The summed E-state index contributed by atoms with van der Waals surface area (Å²) < 4.78 is 19.0. The van der Waals surface area contributed by atoms with E-state index in [9.17, 15) is 4.79 Å². The number of benzene rings is 1. The second-order valence-electron chi connectivity index (χ2n) is 9.91. The summed E-state index contributed by atoms with van der Waals surface area (Å²) in [5, 5.41) is 0. The Balaban J connectivity index is 1.34. The monoisotopic (exact) mass is 431 g/mol. The molecule has 1 saturated carbocycles. The van der Waals surface area contributed by atoms with E-state index in [2.05, 4.69) is 13.8 Å². The lowest BCUT2D eigenvalue weighted by molar-refractivity contribution is -0.577. The Morgan fingerprint density at radius 1 is 1.13 bits per heavy atom. The normalized spacial score (nSPS) is 43.9. The van der Waals surface area contributed by atoms with Crippen molar-refractivity contribution in [1.82, 2.24) is 0 Å². The van der Waals surface area contributed by atoms with Crippen molar-refractivity contribution in [2.75, 3.05) is 6.54 Å². The van der Waals surface area contributed by atoms with Gasteiger partial charge in [0.25, 0.3) is 0 Å². The van der Waals surface area contributed by atoms with E-state index >= 15 is 0 Å². The molecule has 2 bridgehead atoms. The highest BCUT2D eigenvalue weighted by Crippen LogP contribution is 2.60. The predicted molar refractivity (Wildman–Crippen MR) is 111 cm³/mol. The zero-order valence-electron chi connectivity index (χ0n) is 18.5. The van der Waals surface area contributed by atoms with Gasteiger partial charge in [0, 0.05) is 23.8 Å². The quantitative estimate of drug-likeness (QED) is 0.563. The van der Waals surface area contributed by atoms with Crippen LogP contribution in [-0.2, 0) is 30.6 Å². The van der Waals surface area contributed by atoms with Gasteiger partial charge in [-0.05, 0) is 43.6 Å². The van der Waals surface area contributed by atoms with Gasteiger partial charge in [0.2, 0.25) is 5.79 Å². The van der Waals surface area contributed by atoms with Gasteiger partial charge in [-0.15, -0.1) is 0 Å². The van der Waals surface area contributed by atoms with Gasteiger partial charge in [-0.1, -0.05) is 38.1 Å². The maximum Gasteiger partial charge on any atom is 0.201 e. The van der Waals surface area contributed by atoms with Gasteiger partial charge < -0.3 is 19.9 Å². The molecule has 170 valence electrons. The van der Waals surface area contributed by atoms with Crippen LogP contribution in [0, 0.1) is 23.7 Å². The molecule has 8 atom stereocenters. The molecule has 1 aromatic rings. The molecule has 7 heteroatoms. The topological polar surface area (TPSA) is 89.2 Å². The van der Waals surface area contributed by atoms with Crippen molar-refractivity contribution in [3.05, 3.63) is 35.4 Å². The molecule has 4 heterocycles. The summed E-state index contributed by atoms with van der Waals surface area (Å²) in [6, 6.07) is 7.39. The summed E-state index contributed by atoms with van der Waals surface area (Å²) in [5.41, 5.74) is 6.47. The van der Waals surface area contributed by atoms with Crippen molar-refractivity contribution >= 4 is 5.78 Å². The summed E-state index contributed by atoms with van der Waals surface area (Å²) in [4.78, 5) is 23.8. The maximum absolute atomic E-state index is 11.7. The van der Waals surface area contributed by atoms with Gasteiger partial charge in [-0.3, -0.25) is 4.79 Å². The summed E-state index contributed by atoms with van der Waals surface area (Å²) >= 11 is 0. The van der Waals surface area contributed by atoms with Crippen molar-refractivity contribution in [2.45, 2.75) is 77.0 Å². The molecule has 2 N–H and O–H groups in total. The largest absolute Gasteiger partial charge is 0.348 e. The average Bonchev–Trinajstić information content (AvgIpc) is 3.01. The van der Waals surface area contributed by atoms with Crippen molar-refractivity contribution in [3.63, 3.8) is 0 Å². The van der Waals surface area contributed by atoms with Crippen molar-refractivity contribution < 1.29 is 28.8 Å². The van der Waals surface area contributed by atoms with Gasteiger partial charge >= 0.3 is 0 Å². The first-order valence-electron chi connectivity index (χ1n) is 11.5. The zero-order valence-corrected chi connectivity index (χ0v) is 18.5. The van der Waals surface area contributed by atoms with Crippen molar-refractivity contribution in [2.24, 2.45) is 29.4 Å². The highest BCUT2D eigenvalue weighted by Gasteiger charge is 2.69. The van der Waals surface area contributed by atoms with E-state index in [4.69, 9.17) is 29.7 Å². The van der Waals surface area contributed by atoms with E-state index in [0.29, 0.717) is 24.0 Å². The fraction of sp³-hybridized carbons (Fsp3) is 0.708. The van der Waals surface area contributed by atoms with Gasteiger partial charge in [0.15, 0.2) is 24.0 Å². The minimum atomic E-state index is -0.784. The average molecular weight is 432 g/mol. The molecule has 1 aromatic carbocycles. The summed E-state index contributed by atoms with van der Waals surface area (Å²) in [6.07, 6.45) is 3.11. The van der Waals surface area contributed by atoms with Crippen LogP contribution in [-0.4, -0.2) is 36.3 Å². The van der Waals surface area contributed by atoms with Crippen LogP contribution in [0.2, 0.25) is 0 Å². The van der Waals surface area contributed by atoms with E-state index in [-0.39, 0.29) is 24.2 Å². The Morgan fingerprint density at radius 2 is 1.90 bits per heavy atom. The molecule has 6 rings (SSSR count). The van der Waals surface area contributed by atoms with Gasteiger partial charge in [0.1, 0.15) is 0 Å². The third-order valence-electron chi connectivity index (χ3n) is 7.97. The molecule has 7 nitrogen and oxygen atoms in total. The molecular formula is C24H33NO6. The van der Waals surface area contributed by atoms with Crippen molar-refractivity contribution in [1.29, 1.82) is 0 Å². The Morgan fingerprint density at radius 3 is 2.65 bits per heavy atom. The number of Topliss-reactive ketones (excluding diaryl/α,β-unsaturated/α-hetero) is 1. The van der Waals surface area contributed by atoms with E-state index in [1.165, 1.54) is 0 Å². The van der Waals surface area contributed by atoms with Gasteiger partial charge in [-0.25, -0.2) is 9.78 Å². The number of hydrogen-bond donors (Lipinski definition) is 1. The first-order chi connectivity index (χ1) is 14.9. The number of fused-ring (bicyclic) bond motifs is 2. The maximum atomic E-state index is 11.7. The Kier molecular flexibility index (Phi) is 5.48. The molecule has 1 aliphatic carbocycles. The van der Waals surface area contributed by atoms with Crippen LogP contribution < -0.4 is 5.73 Å². The Hall–Kier alpha value is -1.35. The van der Waals surface area contributed by atoms with Crippen LogP contribution in [0.5, 0.6) is 0 Å². The summed E-state index contributed by atoms with van der Waals surface area (Å²) in [7, 11) is 0. The Labute approximate surface area is 183 Å². The lowest BCUT2D eigenvalue weighted by atomic mass is 9.58. The van der Waals surface area contributed by atoms with Gasteiger partial charge in [0.05, 0.1) is 13.2 Å². The zero-order chi connectivity index (χ0) is 21.8. The van der Waals surface area contributed by atoms with Crippen LogP contribution in [0.3, 0.4) is 0 Å². The number of carbonyl (C=O) groups excluding carboxylic acids is 1. The molecular weight excluding hydrogens is 398 g/mol. The SMILES string of the molecule is C[C@H]1C(OCc2ccc(C(=O)CN)cc2)OC2O[C@]3(C)CCC4[C@H](C)CCC1[C@@]24OO3. The molecule has 5 fully saturated rings. The molecule has 4 unspecified atom stereocenters. The lowest BCUT2D eigenvalue weighted by Gasteiger charge is -2.60. The van der Waals surface area contributed by atoms with E-state index in [1.807, 2.05) is 19.1 Å². The third-order valence-corrected chi connectivity index (χ3v) is 7.97. The fourth-order valence-corrected chi connectivity index (χ4v) is 6.15. The molecule has 0 amide bonds. The molecule has 4 saturated heterocycles. The van der Waals surface area contributed by atoms with E-state index < -0.39 is 24.0 Å². The minimum absolute atomic E-state index is 0.0120. The number of rotatable bonds is 5. The number of ketones is 1. The molecule has 0 aromatic heterocycles. The van der Waals surface area contributed by atoms with Gasteiger partial charge in [-0.2, -0.15) is 0 Å². The minimum Gasteiger partial charge on any atom is -0.348 e. The Bertz CT molecular complexity index is 830. The smallest absolute Gasteiger partial charge is 0.201 e. The standard InChI is InChI=1S/C24H33NO6/c1-14-4-9-19-15(2)21(27-13-16-5-7-17(8-6-16)20(26)12-25)28-22-24(19)18(14)10-11-23(3,29-22)30-31-24/h5-8,14-15,18-19,21-22H,4,9-13,25H2,1-3H3/t14-,15-,18?,19?,21?,22?,23+,24-/m1/s1. The number of hydrogen-bond acceptors (Lipinski definition) is 7. The lowest BCUT2D eigenvalue weighted by Crippen LogP contribution is -2.70. The number of ether oxygens (including phenoxy) is 3. The molecule has 0 radical (unpaired) electrons. The van der Waals surface area contributed by atoms with Crippen LogP contribution in [0.25, 0.3) is 0 Å². The third kappa shape index (κ3) is 3.46. The number of nitrogens with two attached hydrogens (primary N) is 1. The van der Waals surface area contributed by atoms with E-state index in [1.54, 1.807) is 12.1 Å². The number of carbonyl (C=O) groups is 1. The first-order valence-corrected chi connectivity index (χ1v) is 11.5. The van der Waals surface area contributed by atoms with Crippen LogP contribution in [0.15, 0.2) is 24.3 Å². The summed E-state index contributed by atoms with van der Waals surface area (Å²) in [5.74, 6) is 0.405.